The molecule has 0 saturated heterocycles. The first-order valence-corrected chi connectivity index (χ1v) is 9.92. The Labute approximate surface area is 162 Å². The molecule has 0 bridgehead atoms. The molecular weight excluding hydrogens is 363 g/mol. The fourth-order valence-electron chi connectivity index (χ4n) is 2.86. The minimum Gasteiger partial charge on any atom is -0.338 e. The molecule has 1 aliphatic rings. The predicted molar refractivity (Wildman–Crippen MR) is 108 cm³/mol. The number of nitrogens with zero attached hydrogens (tertiary/aromatic N) is 1. The van der Waals surface area contributed by atoms with Gasteiger partial charge in [0.05, 0.1) is 11.5 Å². The minimum atomic E-state index is -0.348. The topological polar surface area (TPSA) is 49.4 Å². The zero-order valence-corrected chi connectivity index (χ0v) is 15.7. The van der Waals surface area contributed by atoms with Gasteiger partial charge in [-0.1, -0.05) is 36.4 Å². The summed E-state index contributed by atoms with van der Waals surface area (Å²) in [6.45, 7) is 1.30. The van der Waals surface area contributed by atoms with E-state index in [4.69, 9.17) is 0 Å². The smallest absolute Gasteiger partial charge is 0.234 e. The van der Waals surface area contributed by atoms with Crippen LogP contribution in [-0.4, -0.2) is 41.3 Å². The largest absolute Gasteiger partial charge is 0.338 e. The van der Waals surface area contributed by atoms with Crippen LogP contribution in [0.25, 0.3) is 5.57 Å². The van der Waals surface area contributed by atoms with Crippen LogP contribution in [0.1, 0.15) is 12.0 Å². The fourth-order valence-corrected chi connectivity index (χ4v) is 3.58. The maximum atomic E-state index is 12.9. The van der Waals surface area contributed by atoms with E-state index >= 15 is 0 Å². The average molecular weight is 384 g/mol. The number of amides is 2. The molecule has 0 saturated carbocycles. The van der Waals surface area contributed by atoms with E-state index in [2.05, 4.69) is 23.5 Å². The second-order valence-electron chi connectivity index (χ2n) is 6.23. The van der Waals surface area contributed by atoms with Gasteiger partial charge in [-0.15, -0.1) is 11.8 Å². The van der Waals surface area contributed by atoms with E-state index < -0.39 is 0 Å². The third-order valence-corrected chi connectivity index (χ3v) is 5.21. The lowest BCUT2D eigenvalue weighted by Gasteiger charge is -2.26. The number of hydrogen-bond donors (Lipinski definition) is 1. The van der Waals surface area contributed by atoms with Crippen molar-refractivity contribution in [2.75, 3.05) is 29.9 Å². The molecule has 0 radical (unpaired) electrons. The van der Waals surface area contributed by atoms with Crippen LogP contribution in [0.15, 0.2) is 60.7 Å². The Hall–Kier alpha value is -2.60. The molecule has 1 aliphatic heterocycles. The Morgan fingerprint density at radius 3 is 2.44 bits per heavy atom. The van der Waals surface area contributed by atoms with Gasteiger partial charge in [-0.2, -0.15) is 0 Å². The third kappa shape index (κ3) is 5.69. The summed E-state index contributed by atoms with van der Waals surface area (Å²) >= 11 is 1.28. The molecule has 2 amide bonds. The standard InChI is InChI=1S/C21H21FN2O2S/c22-18-6-8-19(9-7-18)23-20(25)14-27-15-21(26)24-12-10-17(11-13-24)16-4-2-1-3-5-16/h1-10H,11-15H2,(H,23,25). The summed E-state index contributed by atoms with van der Waals surface area (Å²) in [5.41, 5.74) is 3.02. The van der Waals surface area contributed by atoms with Crippen molar-refractivity contribution in [3.63, 3.8) is 0 Å². The first-order chi connectivity index (χ1) is 13.1. The van der Waals surface area contributed by atoms with Crippen molar-refractivity contribution in [3.8, 4) is 0 Å². The highest BCUT2D eigenvalue weighted by atomic mass is 32.2. The van der Waals surface area contributed by atoms with Gasteiger partial charge in [0.15, 0.2) is 0 Å². The summed E-state index contributed by atoms with van der Waals surface area (Å²) in [5.74, 6) is -0.0610. The SMILES string of the molecule is O=C(CSCC(=O)N1CC=C(c2ccccc2)CC1)Nc1ccc(F)cc1. The van der Waals surface area contributed by atoms with Gasteiger partial charge in [0.1, 0.15) is 5.82 Å². The summed E-state index contributed by atoms with van der Waals surface area (Å²) < 4.78 is 12.9. The van der Waals surface area contributed by atoms with E-state index in [1.54, 1.807) is 0 Å². The second-order valence-corrected chi connectivity index (χ2v) is 7.22. The van der Waals surface area contributed by atoms with Gasteiger partial charge in [0.2, 0.25) is 11.8 Å². The van der Waals surface area contributed by atoms with Gasteiger partial charge in [-0.05, 0) is 41.8 Å². The van der Waals surface area contributed by atoms with Crippen molar-refractivity contribution in [2.45, 2.75) is 6.42 Å². The van der Waals surface area contributed by atoms with Crippen LogP contribution in [0.5, 0.6) is 0 Å². The van der Waals surface area contributed by atoms with Gasteiger partial charge in [0.25, 0.3) is 0 Å². The van der Waals surface area contributed by atoms with Gasteiger partial charge in [0, 0.05) is 18.8 Å². The van der Waals surface area contributed by atoms with E-state index in [0.29, 0.717) is 18.8 Å². The van der Waals surface area contributed by atoms with E-state index in [1.165, 1.54) is 47.2 Å². The first-order valence-electron chi connectivity index (χ1n) is 8.77. The highest BCUT2D eigenvalue weighted by molar-refractivity contribution is 8.00. The van der Waals surface area contributed by atoms with E-state index in [0.717, 1.165) is 6.42 Å². The van der Waals surface area contributed by atoms with E-state index in [9.17, 15) is 14.0 Å². The molecule has 0 aliphatic carbocycles. The number of hydrogen-bond acceptors (Lipinski definition) is 3. The average Bonchev–Trinajstić information content (AvgIpc) is 2.70. The molecule has 6 heteroatoms. The number of rotatable bonds is 6. The molecule has 0 unspecified atom stereocenters. The maximum Gasteiger partial charge on any atom is 0.234 e. The molecule has 1 N–H and O–H groups in total. The molecule has 0 spiro atoms. The Balaban J connectivity index is 1.40. The van der Waals surface area contributed by atoms with Gasteiger partial charge in [-0.3, -0.25) is 9.59 Å². The van der Waals surface area contributed by atoms with Gasteiger partial charge >= 0.3 is 0 Å². The highest BCUT2D eigenvalue weighted by Gasteiger charge is 2.18. The molecule has 0 fully saturated rings. The number of benzene rings is 2. The first kappa shape index (κ1) is 19.2. The molecule has 27 heavy (non-hydrogen) atoms. The highest BCUT2D eigenvalue weighted by Crippen LogP contribution is 2.22. The van der Waals surface area contributed by atoms with Crippen LogP contribution >= 0.6 is 11.8 Å². The number of carbonyl (C=O) groups is 2. The summed E-state index contributed by atoms with van der Waals surface area (Å²) in [4.78, 5) is 26.0. The van der Waals surface area contributed by atoms with Gasteiger partial charge < -0.3 is 10.2 Å². The molecule has 2 aromatic carbocycles. The Bertz CT molecular complexity index is 822. The molecule has 4 nitrogen and oxygen atoms in total. The number of anilines is 1. The van der Waals surface area contributed by atoms with E-state index in [1.807, 2.05) is 23.1 Å². The van der Waals surface area contributed by atoms with Crippen molar-refractivity contribution in [2.24, 2.45) is 0 Å². The molecule has 3 rings (SSSR count). The maximum absolute atomic E-state index is 12.9. The number of carbonyl (C=O) groups excluding carboxylic acids is 2. The molecule has 140 valence electrons. The number of nitrogens with one attached hydrogen (secondary N) is 1. The Morgan fingerprint density at radius 2 is 1.78 bits per heavy atom. The zero-order valence-electron chi connectivity index (χ0n) is 14.9. The molecule has 0 atom stereocenters. The van der Waals surface area contributed by atoms with Crippen LogP contribution in [-0.2, 0) is 9.59 Å². The number of thioether (sulfide) groups is 1. The van der Waals surface area contributed by atoms with Crippen molar-refractivity contribution in [3.05, 3.63) is 72.1 Å². The second kappa shape index (κ2) is 9.37. The lowest BCUT2D eigenvalue weighted by molar-refractivity contribution is -0.127. The summed E-state index contributed by atoms with van der Waals surface area (Å²) in [7, 11) is 0. The fraction of sp³-hybridized carbons (Fsp3) is 0.238. The molecular formula is C21H21FN2O2S. The van der Waals surface area contributed by atoms with Crippen molar-refractivity contribution >= 4 is 34.8 Å². The normalized spacial score (nSPS) is 13.8. The van der Waals surface area contributed by atoms with Crippen molar-refractivity contribution in [1.82, 2.24) is 4.90 Å². The van der Waals surface area contributed by atoms with Crippen LogP contribution < -0.4 is 5.32 Å². The zero-order chi connectivity index (χ0) is 19.1. The van der Waals surface area contributed by atoms with Crippen LogP contribution in [0.4, 0.5) is 10.1 Å². The molecule has 0 aromatic heterocycles. The lowest BCUT2D eigenvalue weighted by atomic mass is 10.00. The van der Waals surface area contributed by atoms with Crippen LogP contribution in [0.3, 0.4) is 0 Å². The minimum absolute atomic E-state index is 0.0398. The van der Waals surface area contributed by atoms with Crippen molar-refractivity contribution in [1.29, 1.82) is 0 Å². The monoisotopic (exact) mass is 384 g/mol. The van der Waals surface area contributed by atoms with E-state index in [-0.39, 0.29) is 29.1 Å². The van der Waals surface area contributed by atoms with Crippen LogP contribution in [0.2, 0.25) is 0 Å². The van der Waals surface area contributed by atoms with Crippen molar-refractivity contribution < 1.29 is 14.0 Å². The number of halogens is 1. The quantitative estimate of drug-likeness (QED) is 0.824. The predicted octanol–water partition coefficient (Wildman–Crippen LogP) is 3.81. The molecule has 1 heterocycles. The summed E-state index contributed by atoms with van der Waals surface area (Å²) in [6, 6.07) is 15.8. The lowest BCUT2D eigenvalue weighted by Crippen LogP contribution is -2.36. The summed E-state index contributed by atoms with van der Waals surface area (Å²) in [6.07, 6.45) is 2.94. The molecule has 2 aromatic rings. The third-order valence-electron chi connectivity index (χ3n) is 4.29. The Morgan fingerprint density at radius 1 is 1.04 bits per heavy atom. The Kier molecular flexibility index (Phi) is 6.65. The van der Waals surface area contributed by atoms with Gasteiger partial charge in [-0.25, -0.2) is 4.39 Å². The van der Waals surface area contributed by atoms with Crippen LogP contribution in [0, 0.1) is 5.82 Å². The summed E-state index contributed by atoms with van der Waals surface area (Å²) in [5, 5.41) is 2.69.